The number of ether oxygens (including phenoxy) is 1. The van der Waals surface area contributed by atoms with Crippen LogP contribution in [0, 0.1) is 6.92 Å². The molecule has 0 atom stereocenters. The molecule has 4 nitrogen and oxygen atoms in total. The van der Waals surface area contributed by atoms with Crippen molar-refractivity contribution in [2.75, 3.05) is 18.5 Å². The lowest BCUT2D eigenvalue weighted by Gasteiger charge is -2.10. The quantitative estimate of drug-likeness (QED) is 0.627. The van der Waals surface area contributed by atoms with Crippen molar-refractivity contribution in [1.29, 1.82) is 0 Å². The van der Waals surface area contributed by atoms with Crippen LogP contribution in [0.5, 0.6) is 0 Å². The monoisotopic (exact) mass is 237 g/mol. The summed E-state index contributed by atoms with van der Waals surface area (Å²) in [6.07, 6.45) is 3.43. The molecule has 5 heteroatoms. The Bertz CT molecular complexity index is 393. The number of aromatic nitrogens is 2. The molecule has 1 rings (SSSR count). The second kappa shape index (κ2) is 6.17. The molecule has 1 aromatic heterocycles. The van der Waals surface area contributed by atoms with Gasteiger partial charge >= 0.3 is 0 Å². The van der Waals surface area contributed by atoms with Crippen LogP contribution in [-0.4, -0.2) is 28.2 Å². The van der Waals surface area contributed by atoms with Crippen molar-refractivity contribution in [2.24, 2.45) is 0 Å². The lowest BCUT2D eigenvalue weighted by atomic mass is 10.3. The van der Waals surface area contributed by atoms with E-state index in [1.165, 1.54) is 0 Å². The molecule has 1 N–H and O–H groups in total. The fraction of sp³-hybridized carbons (Fsp3) is 0.364. The molecule has 0 unspecified atom stereocenters. The predicted molar refractivity (Wildman–Crippen MR) is 68.8 cm³/mol. The number of nitrogens with zero attached hydrogens (tertiary/aromatic N) is 2. The predicted octanol–water partition coefficient (Wildman–Crippen LogP) is 2.09. The zero-order chi connectivity index (χ0) is 12.0. The topological polar surface area (TPSA) is 47.0 Å². The summed E-state index contributed by atoms with van der Waals surface area (Å²) < 4.78 is 5.27. The van der Waals surface area contributed by atoms with E-state index in [1.807, 2.05) is 13.8 Å². The number of nitrogens with one attached hydrogen (secondary N) is 1. The second-order valence-electron chi connectivity index (χ2n) is 3.07. The average molecular weight is 237 g/mol. The molecule has 0 aliphatic carbocycles. The molecule has 0 saturated carbocycles. The summed E-state index contributed by atoms with van der Waals surface area (Å²) in [5, 5.41) is 3.52. The molecule has 0 bridgehead atoms. The minimum absolute atomic E-state index is 0.411. The maximum absolute atomic E-state index is 5.27. The van der Waals surface area contributed by atoms with Crippen LogP contribution in [0.15, 0.2) is 18.9 Å². The maximum atomic E-state index is 5.27. The highest BCUT2D eigenvalue weighted by Gasteiger charge is 2.10. The van der Waals surface area contributed by atoms with Crippen molar-refractivity contribution in [3.63, 3.8) is 0 Å². The van der Waals surface area contributed by atoms with Gasteiger partial charge in [-0.1, -0.05) is 6.08 Å². The van der Waals surface area contributed by atoms with Crippen molar-refractivity contribution >= 4 is 23.1 Å². The molecule has 0 radical (unpaired) electrons. The number of anilines is 1. The Morgan fingerprint density at radius 3 is 3.06 bits per heavy atom. The van der Waals surface area contributed by atoms with Crippen molar-refractivity contribution in [1.82, 2.24) is 9.97 Å². The lowest BCUT2D eigenvalue weighted by Crippen LogP contribution is -2.12. The fourth-order valence-corrected chi connectivity index (χ4v) is 1.40. The molecule has 1 aromatic rings. The third-order valence-corrected chi connectivity index (χ3v) is 2.16. The summed E-state index contributed by atoms with van der Waals surface area (Å²) in [4.78, 5) is 8.38. The second-order valence-corrected chi connectivity index (χ2v) is 3.44. The van der Waals surface area contributed by atoms with Crippen LogP contribution >= 0.6 is 12.2 Å². The molecular weight excluding hydrogens is 222 g/mol. The van der Waals surface area contributed by atoms with Gasteiger partial charge in [-0.3, -0.25) is 0 Å². The molecule has 0 aromatic carbocycles. The van der Waals surface area contributed by atoms with Crippen molar-refractivity contribution in [3.05, 3.63) is 30.2 Å². The summed E-state index contributed by atoms with van der Waals surface area (Å²) in [5.74, 6) is 1.38. The minimum Gasteiger partial charge on any atom is -0.483 e. The Morgan fingerprint density at radius 1 is 1.69 bits per heavy atom. The van der Waals surface area contributed by atoms with E-state index in [0.29, 0.717) is 35.4 Å². The van der Waals surface area contributed by atoms with Gasteiger partial charge in [0, 0.05) is 12.7 Å². The molecule has 0 spiro atoms. The molecule has 0 aliphatic rings. The summed E-state index contributed by atoms with van der Waals surface area (Å²) in [6, 6.07) is 0. The normalized spacial score (nSPS) is 9.62. The molecule has 0 saturated heterocycles. The maximum Gasteiger partial charge on any atom is 0.196 e. The zero-order valence-corrected chi connectivity index (χ0v) is 10.3. The van der Waals surface area contributed by atoms with Crippen LogP contribution in [0.25, 0.3) is 0 Å². The standard InChI is InChI=1S/C11H15N3OS/c1-4-6-12-10-9(11(16)15-5-2)7-13-8(3)14-10/h4,7H,1,5-6H2,2-3H3,(H,12,13,14). The first kappa shape index (κ1) is 12.6. The number of rotatable bonds is 5. The van der Waals surface area contributed by atoms with Gasteiger partial charge < -0.3 is 10.1 Å². The van der Waals surface area contributed by atoms with E-state index < -0.39 is 0 Å². The third-order valence-electron chi connectivity index (χ3n) is 1.82. The van der Waals surface area contributed by atoms with Crippen LogP contribution in [0.3, 0.4) is 0 Å². The SMILES string of the molecule is C=CCNc1nc(C)ncc1C(=S)OCC. The highest BCUT2D eigenvalue weighted by Crippen LogP contribution is 2.13. The molecule has 0 amide bonds. The Balaban J connectivity index is 2.96. The number of hydrogen-bond acceptors (Lipinski definition) is 5. The summed E-state index contributed by atoms with van der Waals surface area (Å²) >= 11 is 5.13. The van der Waals surface area contributed by atoms with Gasteiger partial charge in [-0.25, -0.2) is 9.97 Å². The molecule has 1 heterocycles. The van der Waals surface area contributed by atoms with Crippen LogP contribution < -0.4 is 5.32 Å². The molecule has 86 valence electrons. The van der Waals surface area contributed by atoms with E-state index in [-0.39, 0.29) is 0 Å². The highest BCUT2D eigenvalue weighted by molar-refractivity contribution is 7.80. The lowest BCUT2D eigenvalue weighted by molar-refractivity contribution is 0.337. The van der Waals surface area contributed by atoms with Crippen molar-refractivity contribution in [3.8, 4) is 0 Å². The minimum atomic E-state index is 0.411. The summed E-state index contributed by atoms with van der Waals surface area (Å²) in [6.45, 7) is 8.51. The number of thiocarbonyl (C=S) groups is 1. The summed E-state index contributed by atoms with van der Waals surface area (Å²) in [5.41, 5.74) is 0.712. The Labute approximate surface area is 101 Å². The third kappa shape index (κ3) is 3.27. The van der Waals surface area contributed by atoms with Gasteiger partial charge in [0.25, 0.3) is 0 Å². The van der Waals surface area contributed by atoms with Crippen molar-refractivity contribution in [2.45, 2.75) is 13.8 Å². The Morgan fingerprint density at radius 2 is 2.44 bits per heavy atom. The van der Waals surface area contributed by atoms with E-state index in [1.54, 1.807) is 12.3 Å². The number of hydrogen-bond donors (Lipinski definition) is 1. The molecule has 0 fully saturated rings. The highest BCUT2D eigenvalue weighted by atomic mass is 32.1. The van der Waals surface area contributed by atoms with Gasteiger partial charge in [0.15, 0.2) is 5.05 Å². The van der Waals surface area contributed by atoms with E-state index >= 15 is 0 Å². The fourth-order valence-electron chi connectivity index (χ4n) is 1.13. The zero-order valence-electron chi connectivity index (χ0n) is 9.49. The number of aryl methyl sites for hydroxylation is 1. The molecular formula is C11H15N3OS. The van der Waals surface area contributed by atoms with Gasteiger partial charge in [0.05, 0.1) is 12.2 Å². The molecule has 0 aliphatic heterocycles. The van der Waals surface area contributed by atoms with Crippen LogP contribution in [0.4, 0.5) is 5.82 Å². The molecule has 16 heavy (non-hydrogen) atoms. The van der Waals surface area contributed by atoms with E-state index in [9.17, 15) is 0 Å². The van der Waals surface area contributed by atoms with E-state index in [0.717, 1.165) is 0 Å². The van der Waals surface area contributed by atoms with Crippen LogP contribution in [0.1, 0.15) is 18.3 Å². The first-order valence-corrected chi connectivity index (χ1v) is 5.45. The van der Waals surface area contributed by atoms with Gasteiger partial charge in [0.1, 0.15) is 11.6 Å². The Hall–Kier alpha value is -1.49. The van der Waals surface area contributed by atoms with E-state index in [2.05, 4.69) is 21.9 Å². The summed E-state index contributed by atoms with van der Waals surface area (Å²) in [7, 11) is 0. The van der Waals surface area contributed by atoms with Gasteiger partial charge in [-0.2, -0.15) is 0 Å². The first-order valence-electron chi connectivity index (χ1n) is 5.04. The first-order chi connectivity index (χ1) is 7.69. The van der Waals surface area contributed by atoms with Crippen molar-refractivity contribution < 1.29 is 4.74 Å². The van der Waals surface area contributed by atoms with Crippen LogP contribution in [0.2, 0.25) is 0 Å². The largest absolute Gasteiger partial charge is 0.483 e. The van der Waals surface area contributed by atoms with Gasteiger partial charge in [0.2, 0.25) is 0 Å². The smallest absolute Gasteiger partial charge is 0.196 e. The van der Waals surface area contributed by atoms with E-state index in [4.69, 9.17) is 17.0 Å². The Kier molecular flexibility index (Phi) is 4.85. The van der Waals surface area contributed by atoms with Crippen LogP contribution in [-0.2, 0) is 4.74 Å². The van der Waals surface area contributed by atoms with Gasteiger partial charge in [-0.05, 0) is 26.1 Å². The average Bonchev–Trinajstić information content (AvgIpc) is 2.26. The van der Waals surface area contributed by atoms with Gasteiger partial charge in [-0.15, -0.1) is 6.58 Å².